The molecule has 0 bridgehead atoms. The molecule has 64 valence electrons. The van der Waals surface area contributed by atoms with Crippen molar-refractivity contribution in [3.8, 4) is 0 Å². The number of Topliss-reactive ketones (excluding diaryl/α,β-unsaturated/α-hetero) is 1. The Morgan fingerprint density at radius 1 is 1.55 bits per heavy atom. The number of hydrogen-bond donors (Lipinski definition) is 0. The summed E-state index contributed by atoms with van der Waals surface area (Å²) in [6.07, 6.45) is -0.608. The zero-order chi connectivity index (χ0) is 8.27. The Morgan fingerprint density at radius 3 is 2.55 bits per heavy atom. The molecule has 1 rings (SSSR count). The van der Waals surface area contributed by atoms with Crippen LogP contribution >= 0.6 is 0 Å². The maximum atomic E-state index is 11.0. The van der Waals surface area contributed by atoms with Crippen molar-refractivity contribution in [2.75, 3.05) is 20.8 Å². The lowest BCUT2D eigenvalue weighted by molar-refractivity contribution is -0.173. The van der Waals surface area contributed by atoms with Gasteiger partial charge in [0.15, 0.2) is 18.2 Å². The van der Waals surface area contributed by atoms with Crippen LogP contribution in [0.4, 0.5) is 0 Å². The van der Waals surface area contributed by atoms with Crippen LogP contribution in [0.2, 0.25) is 0 Å². The molecule has 4 heteroatoms. The van der Waals surface area contributed by atoms with Crippen molar-refractivity contribution >= 4 is 5.78 Å². The largest absolute Gasteiger partial charge is 0.365 e. The highest BCUT2D eigenvalue weighted by Crippen LogP contribution is 2.14. The second kappa shape index (κ2) is 3.80. The maximum Gasteiger partial charge on any atom is 0.190 e. The molecule has 0 aromatic carbocycles. The number of ether oxygens (including phenoxy) is 3. The summed E-state index contributed by atoms with van der Waals surface area (Å²) in [5, 5.41) is 0. The zero-order valence-electron chi connectivity index (χ0n) is 6.70. The van der Waals surface area contributed by atoms with Gasteiger partial charge in [-0.1, -0.05) is 0 Å². The van der Waals surface area contributed by atoms with E-state index in [4.69, 9.17) is 14.2 Å². The second-order valence-corrected chi connectivity index (χ2v) is 2.35. The van der Waals surface area contributed by atoms with Crippen molar-refractivity contribution in [1.82, 2.24) is 0 Å². The van der Waals surface area contributed by atoms with Crippen LogP contribution in [-0.2, 0) is 19.0 Å². The van der Waals surface area contributed by atoms with Crippen molar-refractivity contribution in [1.29, 1.82) is 0 Å². The summed E-state index contributed by atoms with van der Waals surface area (Å²) in [5.41, 5.74) is 0. The molecule has 0 aromatic rings. The van der Waals surface area contributed by atoms with Gasteiger partial charge in [0.1, 0.15) is 0 Å². The summed E-state index contributed by atoms with van der Waals surface area (Å²) in [5.74, 6) is 0.0544. The molecule has 1 fully saturated rings. The first-order chi connectivity index (χ1) is 5.29. The van der Waals surface area contributed by atoms with Gasteiger partial charge in [-0.25, -0.2) is 0 Å². The zero-order valence-corrected chi connectivity index (χ0v) is 6.70. The summed E-state index contributed by atoms with van der Waals surface area (Å²) >= 11 is 0. The van der Waals surface area contributed by atoms with E-state index >= 15 is 0 Å². The molecule has 0 spiro atoms. The van der Waals surface area contributed by atoms with Crippen molar-refractivity contribution in [2.45, 2.75) is 18.8 Å². The van der Waals surface area contributed by atoms with Gasteiger partial charge < -0.3 is 14.2 Å². The van der Waals surface area contributed by atoms with Crippen LogP contribution in [0.3, 0.4) is 0 Å². The average molecular weight is 160 g/mol. The van der Waals surface area contributed by atoms with Crippen molar-refractivity contribution < 1.29 is 19.0 Å². The minimum absolute atomic E-state index is 0.0544. The van der Waals surface area contributed by atoms with Crippen molar-refractivity contribution in [3.63, 3.8) is 0 Å². The van der Waals surface area contributed by atoms with Gasteiger partial charge in [0.2, 0.25) is 0 Å². The van der Waals surface area contributed by atoms with Gasteiger partial charge in [-0.2, -0.15) is 0 Å². The number of carbonyl (C=O) groups is 1. The maximum absolute atomic E-state index is 11.0. The number of ketones is 1. The standard InChI is InChI=1S/C7H12O4/c1-9-7(10-2)6-5(8)3-4-11-6/h6-7H,3-4H2,1-2H3/t6-/m0/s1. The normalized spacial score (nSPS) is 25.0. The third-order valence-electron chi connectivity index (χ3n) is 1.68. The molecule has 1 heterocycles. The molecule has 1 saturated heterocycles. The highest BCUT2D eigenvalue weighted by Gasteiger charge is 2.33. The van der Waals surface area contributed by atoms with Gasteiger partial charge in [0.25, 0.3) is 0 Å². The third kappa shape index (κ3) is 1.77. The van der Waals surface area contributed by atoms with Crippen LogP contribution in [0.25, 0.3) is 0 Å². The summed E-state index contributed by atoms with van der Waals surface area (Å²) < 4.78 is 14.9. The highest BCUT2D eigenvalue weighted by molar-refractivity contribution is 5.85. The first kappa shape index (κ1) is 8.64. The smallest absolute Gasteiger partial charge is 0.190 e. The molecule has 0 unspecified atom stereocenters. The van der Waals surface area contributed by atoms with E-state index in [1.165, 1.54) is 14.2 Å². The van der Waals surface area contributed by atoms with Gasteiger partial charge in [-0.15, -0.1) is 0 Å². The molecule has 0 saturated carbocycles. The van der Waals surface area contributed by atoms with E-state index < -0.39 is 12.4 Å². The summed E-state index contributed by atoms with van der Waals surface area (Å²) in [6.45, 7) is 0.479. The van der Waals surface area contributed by atoms with Gasteiger partial charge in [0.05, 0.1) is 6.61 Å². The summed E-state index contributed by atoms with van der Waals surface area (Å²) in [6, 6.07) is 0. The minimum atomic E-state index is -0.551. The molecule has 11 heavy (non-hydrogen) atoms. The topological polar surface area (TPSA) is 44.8 Å². The van der Waals surface area contributed by atoms with Gasteiger partial charge in [-0.3, -0.25) is 4.79 Å². The Kier molecular flexibility index (Phi) is 2.99. The molecule has 1 aliphatic heterocycles. The van der Waals surface area contributed by atoms with Crippen molar-refractivity contribution in [2.24, 2.45) is 0 Å². The molecule has 4 nitrogen and oxygen atoms in total. The fraction of sp³-hybridized carbons (Fsp3) is 0.857. The van der Waals surface area contributed by atoms with Gasteiger partial charge in [-0.05, 0) is 0 Å². The van der Waals surface area contributed by atoms with Crippen LogP contribution in [0.15, 0.2) is 0 Å². The summed E-state index contributed by atoms with van der Waals surface area (Å²) in [7, 11) is 2.98. The van der Waals surface area contributed by atoms with Crippen LogP contribution in [0.5, 0.6) is 0 Å². The molecule has 0 radical (unpaired) electrons. The molecular formula is C7H12O4. The monoisotopic (exact) mass is 160 g/mol. The van der Waals surface area contributed by atoms with E-state index in [0.29, 0.717) is 13.0 Å². The molecular weight excluding hydrogens is 148 g/mol. The molecule has 1 aliphatic rings. The van der Waals surface area contributed by atoms with E-state index in [9.17, 15) is 4.79 Å². The van der Waals surface area contributed by atoms with E-state index in [-0.39, 0.29) is 5.78 Å². The van der Waals surface area contributed by atoms with Crippen LogP contribution in [0.1, 0.15) is 6.42 Å². The molecule has 0 aromatic heterocycles. The van der Waals surface area contributed by atoms with Crippen LogP contribution in [0, 0.1) is 0 Å². The van der Waals surface area contributed by atoms with E-state index in [2.05, 4.69) is 0 Å². The van der Waals surface area contributed by atoms with Gasteiger partial charge in [0, 0.05) is 20.6 Å². The Morgan fingerprint density at radius 2 is 2.18 bits per heavy atom. The first-order valence-electron chi connectivity index (χ1n) is 3.49. The minimum Gasteiger partial charge on any atom is -0.365 e. The quantitative estimate of drug-likeness (QED) is 0.543. The predicted octanol–water partition coefficient (Wildman–Crippen LogP) is -0.0367. The molecule has 1 atom stereocenters. The van der Waals surface area contributed by atoms with E-state index in [1.54, 1.807) is 0 Å². The van der Waals surface area contributed by atoms with Crippen LogP contribution in [-0.4, -0.2) is 39.0 Å². The van der Waals surface area contributed by atoms with Gasteiger partial charge >= 0.3 is 0 Å². The number of carbonyl (C=O) groups excluding carboxylic acids is 1. The summed E-state index contributed by atoms with van der Waals surface area (Å²) in [4.78, 5) is 11.0. The lowest BCUT2D eigenvalue weighted by atomic mass is 10.2. The molecule has 0 N–H and O–H groups in total. The SMILES string of the molecule is COC(OC)[C@H]1OCCC1=O. The lowest BCUT2D eigenvalue weighted by Gasteiger charge is -2.17. The third-order valence-corrected chi connectivity index (χ3v) is 1.68. The Bertz CT molecular complexity index is 141. The molecule has 0 aliphatic carbocycles. The Balaban J connectivity index is 2.49. The lowest BCUT2D eigenvalue weighted by Crippen LogP contribution is -2.34. The van der Waals surface area contributed by atoms with E-state index in [0.717, 1.165) is 0 Å². The first-order valence-corrected chi connectivity index (χ1v) is 3.49. The Labute approximate surface area is 65.4 Å². The number of hydrogen-bond acceptors (Lipinski definition) is 4. The second-order valence-electron chi connectivity index (χ2n) is 2.35. The number of rotatable bonds is 3. The van der Waals surface area contributed by atoms with Crippen LogP contribution < -0.4 is 0 Å². The van der Waals surface area contributed by atoms with E-state index in [1.807, 2.05) is 0 Å². The average Bonchev–Trinajstić information content (AvgIpc) is 2.40. The molecule has 0 amide bonds. The fourth-order valence-corrected chi connectivity index (χ4v) is 1.10. The fourth-order valence-electron chi connectivity index (χ4n) is 1.10. The van der Waals surface area contributed by atoms with Crippen molar-refractivity contribution in [3.05, 3.63) is 0 Å². The Hall–Kier alpha value is -0.450. The predicted molar refractivity (Wildman–Crippen MR) is 37.2 cm³/mol. The number of methoxy groups -OCH3 is 2. The highest BCUT2D eigenvalue weighted by atomic mass is 16.7.